The molecule has 1 atom stereocenters. The number of alkyl halides is 3. The summed E-state index contributed by atoms with van der Waals surface area (Å²) in [5.41, 5.74) is -4.17. The first kappa shape index (κ1) is 23.0. The number of sulfonamides is 1. The zero-order valence-electron chi connectivity index (χ0n) is 17.2. The molecule has 2 heterocycles. The third kappa shape index (κ3) is 4.76. The van der Waals surface area contributed by atoms with Gasteiger partial charge in [-0.15, -0.1) is 0 Å². The summed E-state index contributed by atoms with van der Waals surface area (Å²) < 4.78 is 85.2. The molecule has 1 fully saturated rings. The molecule has 0 spiro atoms. The average molecular weight is 476 g/mol. The summed E-state index contributed by atoms with van der Waals surface area (Å²) in [6, 6.07) is 3.03. The van der Waals surface area contributed by atoms with Crippen molar-refractivity contribution in [1.82, 2.24) is 14.3 Å². The van der Waals surface area contributed by atoms with E-state index in [9.17, 15) is 26.0 Å². The second-order valence-electron chi connectivity index (χ2n) is 8.11. The Kier molecular flexibility index (Phi) is 6.46. The van der Waals surface area contributed by atoms with Crippen LogP contribution in [0.4, 0.5) is 23.2 Å². The van der Waals surface area contributed by atoms with Crippen LogP contribution in [0.5, 0.6) is 0 Å². The van der Waals surface area contributed by atoms with Gasteiger partial charge in [-0.2, -0.15) is 17.5 Å². The summed E-state index contributed by atoms with van der Waals surface area (Å²) in [5, 5.41) is 0. The van der Waals surface area contributed by atoms with Crippen molar-refractivity contribution in [3.05, 3.63) is 47.8 Å². The van der Waals surface area contributed by atoms with E-state index in [1.54, 1.807) is 11.1 Å². The van der Waals surface area contributed by atoms with Gasteiger partial charge in [-0.3, -0.25) is 0 Å². The number of fused-ring (bicyclic) bond motifs is 1. The number of halogens is 4. The van der Waals surface area contributed by atoms with Gasteiger partial charge in [0.05, 0.1) is 37.3 Å². The zero-order chi connectivity index (χ0) is 22.9. The molecule has 1 aromatic carbocycles. The molecule has 1 unspecified atom stereocenters. The lowest BCUT2D eigenvalue weighted by Gasteiger charge is -2.34. The summed E-state index contributed by atoms with van der Waals surface area (Å²) in [6.45, 7) is -0.774. The lowest BCUT2D eigenvalue weighted by atomic mass is 10.1. The van der Waals surface area contributed by atoms with Crippen LogP contribution in [-0.4, -0.2) is 53.5 Å². The van der Waals surface area contributed by atoms with E-state index < -0.39 is 40.5 Å². The van der Waals surface area contributed by atoms with Crippen molar-refractivity contribution in [3.63, 3.8) is 0 Å². The lowest BCUT2D eigenvalue weighted by molar-refractivity contribution is -0.0495. The van der Waals surface area contributed by atoms with Gasteiger partial charge < -0.3 is 14.6 Å². The molecule has 0 amide bonds. The van der Waals surface area contributed by atoms with Crippen LogP contribution < -0.4 is 4.90 Å². The van der Waals surface area contributed by atoms with Crippen LogP contribution in [0.15, 0.2) is 30.7 Å². The van der Waals surface area contributed by atoms with Crippen LogP contribution in [-0.2, 0) is 27.8 Å². The molecule has 2 aromatic rings. The van der Waals surface area contributed by atoms with E-state index in [1.165, 1.54) is 18.5 Å². The van der Waals surface area contributed by atoms with Crippen LogP contribution in [0.2, 0.25) is 0 Å². The predicted molar refractivity (Wildman–Crippen MR) is 109 cm³/mol. The van der Waals surface area contributed by atoms with Crippen LogP contribution >= 0.6 is 0 Å². The Morgan fingerprint density at radius 2 is 1.97 bits per heavy atom. The maximum Gasteiger partial charge on any atom is 0.511 e. The van der Waals surface area contributed by atoms with E-state index in [0.717, 1.165) is 31.7 Å². The van der Waals surface area contributed by atoms with Crippen LogP contribution in [0.1, 0.15) is 36.9 Å². The number of nitrogens with one attached hydrogen (secondary N) is 1. The van der Waals surface area contributed by atoms with Crippen molar-refractivity contribution in [2.24, 2.45) is 0 Å². The van der Waals surface area contributed by atoms with Crippen LogP contribution in [0, 0.1) is 5.82 Å². The molecule has 4 rings (SSSR count). The molecular formula is C20H24F4N4O3S. The van der Waals surface area contributed by atoms with E-state index in [0.29, 0.717) is 15.7 Å². The zero-order valence-corrected chi connectivity index (χ0v) is 18.0. The molecule has 176 valence electrons. The number of aromatic amines is 1. The molecule has 1 aromatic heterocycles. The topological polar surface area (TPSA) is 78.5 Å². The van der Waals surface area contributed by atoms with Gasteiger partial charge in [0.2, 0.25) is 0 Å². The molecule has 2 aliphatic rings. The third-order valence-corrected chi connectivity index (χ3v) is 7.45. The Labute approximate surface area is 183 Å². The summed E-state index contributed by atoms with van der Waals surface area (Å²) in [7, 11) is -5.63. The van der Waals surface area contributed by atoms with E-state index in [-0.39, 0.29) is 24.8 Å². The number of H-pyrrole nitrogens is 1. The summed E-state index contributed by atoms with van der Waals surface area (Å²) in [5.74, 6) is -0.657. The highest BCUT2D eigenvalue weighted by molar-refractivity contribution is 7.89. The standard InChI is InChI=1S/C20H24F4N4O3S/c21-15-5-6-19-14(7-15)9-27(32(29,30)20(22,23)24)11-17(12-31-18-3-1-2-4-18)28(19)10-16-8-25-13-26-16/h5-8,13,17-18H,1-4,9-12H2,(H,25,26). The molecule has 0 saturated heterocycles. The van der Waals surface area contributed by atoms with Gasteiger partial charge in [0, 0.05) is 25.0 Å². The Morgan fingerprint density at radius 3 is 2.62 bits per heavy atom. The van der Waals surface area contributed by atoms with Gasteiger partial charge in [-0.25, -0.2) is 17.8 Å². The van der Waals surface area contributed by atoms with E-state index in [1.807, 2.05) is 0 Å². The quantitative estimate of drug-likeness (QED) is 0.646. The van der Waals surface area contributed by atoms with Gasteiger partial charge in [-0.1, -0.05) is 12.8 Å². The number of anilines is 1. The Morgan fingerprint density at radius 1 is 1.22 bits per heavy atom. The highest BCUT2D eigenvalue weighted by atomic mass is 32.2. The Bertz CT molecular complexity index is 1020. The SMILES string of the molecule is O=S(=O)(N1Cc2cc(F)ccc2N(Cc2cnc[nH]2)C(COC2CCCC2)C1)C(F)(F)F. The molecule has 0 bridgehead atoms. The Hall–Kier alpha value is -2.18. The largest absolute Gasteiger partial charge is 0.511 e. The van der Waals surface area contributed by atoms with Gasteiger partial charge in [0.1, 0.15) is 5.82 Å². The van der Waals surface area contributed by atoms with Gasteiger partial charge in [-0.05, 0) is 36.6 Å². The molecule has 1 N–H and O–H groups in total. The minimum atomic E-state index is -5.63. The Balaban J connectivity index is 1.73. The van der Waals surface area contributed by atoms with Gasteiger partial charge in [0.25, 0.3) is 0 Å². The number of ether oxygens (including phenoxy) is 1. The lowest BCUT2D eigenvalue weighted by Crippen LogP contribution is -2.49. The van der Waals surface area contributed by atoms with Gasteiger partial charge in [0.15, 0.2) is 0 Å². The number of benzene rings is 1. The van der Waals surface area contributed by atoms with E-state index in [2.05, 4.69) is 9.97 Å². The van der Waals surface area contributed by atoms with Crippen LogP contribution in [0.25, 0.3) is 0 Å². The number of aromatic nitrogens is 2. The molecular weight excluding hydrogens is 452 g/mol. The first-order chi connectivity index (χ1) is 15.1. The molecule has 32 heavy (non-hydrogen) atoms. The molecule has 0 radical (unpaired) electrons. The monoisotopic (exact) mass is 476 g/mol. The molecule has 7 nitrogen and oxygen atoms in total. The first-order valence-electron chi connectivity index (χ1n) is 10.4. The van der Waals surface area contributed by atoms with Crippen molar-refractivity contribution in [3.8, 4) is 0 Å². The predicted octanol–water partition coefficient (Wildman–Crippen LogP) is 3.55. The normalized spacial score (nSPS) is 21.0. The molecule has 1 aliphatic heterocycles. The average Bonchev–Trinajstić information content (AvgIpc) is 3.40. The fourth-order valence-electron chi connectivity index (χ4n) is 4.29. The highest BCUT2D eigenvalue weighted by Gasteiger charge is 2.51. The minimum Gasteiger partial charge on any atom is -0.376 e. The second-order valence-corrected chi connectivity index (χ2v) is 10.0. The van der Waals surface area contributed by atoms with Crippen LogP contribution in [0.3, 0.4) is 0 Å². The molecule has 1 aliphatic carbocycles. The van der Waals surface area contributed by atoms with Crippen molar-refractivity contribution >= 4 is 15.7 Å². The highest BCUT2D eigenvalue weighted by Crippen LogP contribution is 2.35. The first-order valence-corrected chi connectivity index (χ1v) is 11.8. The number of hydrogen-bond acceptors (Lipinski definition) is 5. The van der Waals surface area contributed by atoms with Crippen molar-refractivity contribution in [2.45, 2.75) is 56.4 Å². The smallest absolute Gasteiger partial charge is 0.376 e. The maximum atomic E-state index is 14.0. The fraction of sp³-hybridized carbons (Fsp3) is 0.550. The van der Waals surface area contributed by atoms with E-state index >= 15 is 0 Å². The maximum absolute atomic E-state index is 14.0. The molecule has 12 heteroatoms. The van der Waals surface area contributed by atoms with Gasteiger partial charge >= 0.3 is 15.5 Å². The van der Waals surface area contributed by atoms with Crippen molar-refractivity contribution in [1.29, 1.82) is 0 Å². The molecule has 1 saturated carbocycles. The summed E-state index contributed by atoms with van der Waals surface area (Å²) in [6.07, 6.45) is 6.80. The van der Waals surface area contributed by atoms with Crippen molar-refractivity contribution < 1.29 is 30.7 Å². The second kappa shape index (κ2) is 8.99. The van der Waals surface area contributed by atoms with Crippen molar-refractivity contribution in [2.75, 3.05) is 18.1 Å². The van der Waals surface area contributed by atoms with E-state index in [4.69, 9.17) is 4.74 Å². The fourth-order valence-corrected chi connectivity index (χ4v) is 5.26. The number of hydrogen-bond donors (Lipinski definition) is 1. The third-order valence-electron chi connectivity index (χ3n) is 5.91. The minimum absolute atomic E-state index is 0.00683. The summed E-state index contributed by atoms with van der Waals surface area (Å²) in [4.78, 5) is 8.69. The number of imidazole rings is 1. The summed E-state index contributed by atoms with van der Waals surface area (Å²) >= 11 is 0. The number of rotatable bonds is 6. The number of nitrogens with zero attached hydrogens (tertiary/aromatic N) is 3.